The third-order valence-corrected chi connectivity index (χ3v) is 5.19. The predicted octanol–water partition coefficient (Wildman–Crippen LogP) is 4.23. The van der Waals surface area contributed by atoms with Gasteiger partial charge >= 0.3 is 0 Å². The number of rotatable bonds is 6. The minimum atomic E-state index is -0.142. The highest BCUT2D eigenvalue weighted by atomic mass is 35.5. The molecule has 0 aliphatic heterocycles. The molecule has 28 heavy (non-hydrogen) atoms. The summed E-state index contributed by atoms with van der Waals surface area (Å²) in [6.07, 6.45) is 0. The Labute approximate surface area is 169 Å². The third kappa shape index (κ3) is 3.85. The van der Waals surface area contributed by atoms with Gasteiger partial charge in [0.25, 0.3) is 0 Å². The number of hydrogen-bond donors (Lipinski definition) is 0. The highest BCUT2D eigenvalue weighted by molar-refractivity contribution is 7.99. The Bertz CT molecular complexity index is 1060. The molecule has 0 bridgehead atoms. The van der Waals surface area contributed by atoms with Crippen LogP contribution in [0.5, 0.6) is 5.75 Å². The minimum Gasteiger partial charge on any atom is -0.497 e. The Hall–Kier alpha value is -2.91. The van der Waals surface area contributed by atoms with Crippen molar-refractivity contribution in [2.75, 3.05) is 7.11 Å². The molecule has 4 aromatic rings. The summed E-state index contributed by atoms with van der Waals surface area (Å²) >= 11 is 7.37. The fraction of sp³-hybridized carbons (Fsp3) is 0.167. The van der Waals surface area contributed by atoms with Gasteiger partial charge in [0.15, 0.2) is 0 Å². The lowest BCUT2D eigenvalue weighted by atomic mass is 10.2. The number of benzene rings is 2. The molecule has 2 aromatic heterocycles. The number of halogens is 1. The van der Waals surface area contributed by atoms with E-state index >= 15 is 0 Å². The summed E-state index contributed by atoms with van der Waals surface area (Å²) in [6.45, 7) is 1.96. The van der Waals surface area contributed by atoms with Crippen molar-refractivity contribution < 1.29 is 9.15 Å². The van der Waals surface area contributed by atoms with E-state index in [1.165, 1.54) is 11.8 Å². The second kappa shape index (κ2) is 7.99. The molecule has 0 aliphatic carbocycles. The van der Waals surface area contributed by atoms with Crippen molar-refractivity contribution in [1.82, 2.24) is 30.4 Å². The molecular weight excluding hydrogens is 400 g/mol. The summed E-state index contributed by atoms with van der Waals surface area (Å²) in [6, 6.07) is 14.7. The van der Waals surface area contributed by atoms with Gasteiger partial charge in [-0.2, -0.15) is 4.68 Å². The number of methoxy groups -OCH3 is 1. The zero-order valence-electron chi connectivity index (χ0n) is 15.0. The average molecular weight is 415 g/mol. The van der Waals surface area contributed by atoms with Crippen LogP contribution in [0.4, 0.5) is 0 Å². The summed E-state index contributed by atoms with van der Waals surface area (Å²) in [4.78, 5) is 0. The third-order valence-electron chi connectivity index (χ3n) is 3.92. The molecule has 10 heteroatoms. The second-order valence-corrected chi connectivity index (χ2v) is 7.53. The van der Waals surface area contributed by atoms with E-state index in [2.05, 4.69) is 25.7 Å². The Balaban J connectivity index is 1.52. The lowest BCUT2D eigenvalue weighted by Gasteiger charge is -2.07. The molecular formula is C18H15ClN6O2S. The van der Waals surface area contributed by atoms with Gasteiger partial charge in [0.05, 0.1) is 18.0 Å². The summed E-state index contributed by atoms with van der Waals surface area (Å²) in [7, 11) is 1.62. The first-order valence-electron chi connectivity index (χ1n) is 8.33. The van der Waals surface area contributed by atoms with Crippen LogP contribution in [0.25, 0.3) is 17.1 Å². The Morgan fingerprint density at radius 3 is 2.50 bits per heavy atom. The molecule has 8 nitrogen and oxygen atoms in total. The van der Waals surface area contributed by atoms with Gasteiger partial charge in [0.2, 0.25) is 16.9 Å². The molecule has 1 atom stereocenters. The van der Waals surface area contributed by atoms with Crippen LogP contribution in [0.2, 0.25) is 5.02 Å². The van der Waals surface area contributed by atoms with Crippen LogP contribution in [0, 0.1) is 0 Å². The van der Waals surface area contributed by atoms with Crippen molar-refractivity contribution in [2.24, 2.45) is 0 Å². The molecule has 0 saturated carbocycles. The number of nitrogens with zero attached hydrogens (tertiary/aromatic N) is 6. The molecule has 0 spiro atoms. The lowest BCUT2D eigenvalue weighted by molar-refractivity contribution is 0.415. The predicted molar refractivity (Wildman–Crippen MR) is 105 cm³/mol. The maximum absolute atomic E-state index is 5.95. The van der Waals surface area contributed by atoms with Crippen molar-refractivity contribution in [3.05, 3.63) is 59.4 Å². The SMILES string of the molecule is COc1ccc(-c2nnc([C@@H](C)Sc3nnnn3-c3ccc(Cl)cc3)o2)cc1. The molecule has 0 radical (unpaired) electrons. The molecule has 0 N–H and O–H groups in total. The topological polar surface area (TPSA) is 91.8 Å². The zero-order valence-corrected chi connectivity index (χ0v) is 16.6. The molecule has 142 valence electrons. The van der Waals surface area contributed by atoms with Crippen LogP contribution < -0.4 is 4.74 Å². The van der Waals surface area contributed by atoms with E-state index in [9.17, 15) is 0 Å². The van der Waals surface area contributed by atoms with Gasteiger partial charge in [-0.3, -0.25) is 0 Å². The highest BCUT2D eigenvalue weighted by Crippen LogP contribution is 2.34. The van der Waals surface area contributed by atoms with Crippen LogP contribution in [0.3, 0.4) is 0 Å². The molecule has 0 saturated heterocycles. The van der Waals surface area contributed by atoms with E-state index in [1.807, 2.05) is 43.3 Å². The molecule has 4 rings (SSSR count). The maximum atomic E-state index is 5.95. The Kier molecular flexibility index (Phi) is 5.27. The first-order valence-corrected chi connectivity index (χ1v) is 9.58. The quantitative estimate of drug-likeness (QED) is 0.433. The number of ether oxygens (including phenoxy) is 1. The van der Waals surface area contributed by atoms with E-state index in [-0.39, 0.29) is 5.25 Å². The fourth-order valence-corrected chi connectivity index (χ4v) is 3.42. The Morgan fingerprint density at radius 2 is 1.79 bits per heavy atom. The summed E-state index contributed by atoms with van der Waals surface area (Å²) in [5, 5.41) is 21.3. The van der Waals surface area contributed by atoms with E-state index in [4.69, 9.17) is 20.8 Å². The van der Waals surface area contributed by atoms with Gasteiger partial charge in [-0.05, 0) is 65.9 Å². The molecule has 0 unspecified atom stereocenters. The summed E-state index contributed by atoms with van der Waals surface area (Å²) in [5.74, 6) is 1.70. The Morgan fingerprint density at radius 1 is 1.04 bits per heavy atom. The second-order valence-electron chi connectivity index (χ2n) is 5.78. The van der Waals surface area contributed by atoms with Gasteiger partial charge in [-0.1, -0.05) is 23.4 Å². The number of thioether (sulfide) groups is 1. The normalized spacial score (nSPS) is 12.1. The van der Waals surface area contributed by atoms with Gasteiger partial charge in [0.1, 0.15) is 5.75 Å². The lowest BCUT2D eigenvalue weighted by Crippen LogP contribution is -2.00. The van der Waals surface area contributed by atoms with Crippen LogP contribution >= 0.6 is 23.4 Å². The van der Waals surface area contributed by atoms with Crippen molar-refractivity contribution in [1.29, 1.82) is 0 Å². The standard InChI is InChI=1S/C18H15ClN6O2S/c1-11(16-20-21-17(27-16)12-3-9-15(26-2)10-4-12)28-18-22-23-24-25(18)14-7-5-13(19)6-8-14/h3-11H,1-2H3/t11-/m1/s1. The summed E-state index contributed by atoms with van der Waals surface area (Å²) in [5.41, 5.74) is 1.64. The molecule has 2 heterocycles. The first kappa shape index (κ1) is 18.5. The first-order chi connectivity index (χ1) is 13.6. The largest absolute Gasteiger partial charge is 0.497 e. The van der Waals surface area contributed by atoms with Gasteiger partial charge < -0.3 is 9.15 Å². The average Bonchev–Trinajstić information content (AvgIpc) is 3.39. The number of tetrazole rings is 1. The van der Waals surface area contributed by atoms with E-state index < -0.39 is 0 Å². The molecule has 0 aliphatic rings. The monoisotopic (exact) mass is 414 g/mol. The highest BCUT2D eigenvalue weighted by Gasteiger charge is 2.20. The van der Waals surface area contributed by atoms with Crippen LogP contribution in [-0.2, 0) is 0 Å². The number of hydrogen-bond acceptors (Lipinski definition) is 8. The van der Waals surface area contributed by atoms with Crippen LogP contribution in [-0.4, -0.2) is 37.5 Å². The van der Waals surface area contributed by atoms with Crippen LogP contribution in [0.15, 0.2) is 58.1 Å². The summed E-state index contributed by atoms with van der Waals surface area (Å²) < 4.78 is 12.6. The van der Waals surface area contributed by atoms with Crippen LogP contribution in [0.1, 0.15) is 18.1 Å². The van der Waals surface area contributed by atoms with Crippen molar-refractivity contribution in [2.45, 2.75) is 17.3 Å². The van der Waals surface area contributed by atoms with E-state index in [0.717, 1.165) is 17.0 Å². The van der Waals surface area contributed by atoms with Crippen molar-refractivity contribution >= 4 is 23.4 Å². The zero-order chi connectivity index (χ0) is 19.5. The maximum Gasteiger partial charge on any atom is 0.247 e. The van der Waals surface area contributed by atoms with E-state index in [1.54, 1.807) is 23.9 Å². The minimum absolute atomic E-state index is 0.142. The van der Waals surface area contributed by atoms with Gasteiger partial charge in [-0.25, -0.2) is 0 Å². The van der Waals surface area contributed by atoms with Crippen molar-refractivity contribution in [3.8, 4) is 22.9 Å². The van der Waals surface area contributed by atoms with Gasteiger partial charge in [-0.15, -0.1) is 15.3 Å². The fourth-order valence-electron chi connectivity index (χ4n) is 2.45. The van der Waals surface area contributed by atoms with E-state index in [0.29, 0.717) is 22.0 Å². The molecule has 0 amide bonds. The van der Waals surface area contributed by atoms with Gasteiger partial charge in [0, 0.05) is 10.6 Å². The van der Waals surface area contributed by atoms with Crippen molar-refractivity contribution in [3.63, 3.8) is 0 Å². The smallest absolute Gasteiger partial charge is 0.247 e. The molecule has 0 fully saturated rings. The number of aromatic nitrogens is 6. The molecule has 2 aromatic carbocycles.